The van der Waals surface area contributed by atoms with E-state index in [0.29, 0.717) is 0 Å². The summed E-state index contributed by atoms with van der Waals surface area (Å²) in [6.07, 6.45) is -2.57. The highest BCUT2D eigenvalue weighted by atomic mass is 35.5. The molecule has 0 spiro atoms. The van der Waals surface area contributed by atoms with E-state index in [1.165, 1.54) is 18.2 Å². The van der Waals surface area contributed by atoms with Crippen molar-refractivity contribution in [3.63, 3.8) is 0 Å². The molecule has 0 saturated carbocycles. The maximum Gasteiger partial charge on any atom is 0.416 e. The third-order valence-corrected chi connectivity index (χ3v) is 5.81. The van der Waals surface area contributed by atoms with Gasteiger partial charge in [0.15, 0.2) is 0 Å². The first-order valence-corrected chi connectivity index (χ1v) is 9.52. The maximum absolute atomic E-state index is 13.0. The van der Waals surface area contributed by atoms with Gasteiger partial charge in [-0.25, -0.2) is 13.1 Å². The third-order valence-electron chi connectivity index (χ3n) is 4.51. The molecule has 1 unspecified atom stereocenters. The van der Waals surface area contributed by atoms with Gasteiger partial charge in [0.2, 0.25) is 10.0 Å². The summed E-state index contributed by atoms with van der Waals surface area (Å²) in [5, 5.41) is 3.27. The minimum absolute atomic E-state index is 0. The molecule has 2 rings (SSSR count). The van der Waals surface area contributed by atoms with E-state index in [1.54, 1.807) is 0 Å². The summed E-state index contributed by atoms with van der Waals surface area (Å²) in [5.41, 5.74) is -1.22. The van der Waals surface area contributed by atoms with E-state index >= 15 is 0 Å². The molecular formula is C16H24ClF3N2O2S. The molecule has 1 saturated heterocycles. The molecule has 9 heteroatoms. The van der Waals surface area contributed by atoms with E-state index in [4.69, 9.17) is 0 Å². The molecule has 4 nitrogen and oxygen atoms in total. The lowest BCUT2D eigenvalue weighted by Gasteiger charge is -2.39. The Kier molecular flexibility index (Phi) is 7.32. The van der Waals surface area contributed by atoms with Crippen molar-refractivity contribution in [3.05, 3.63) is 35.4 Å². The highest BCUT2D eigenvalue weighted by molar-refractivity contribution is 7.88. The molecule has 1 aromatic carbocycles. The Balaban J connectivity index is 0.00000312. The number of rotatable bonds is 5. The summed E-state index contributed by atoms with van der Waals surface area (Å²) in [7, 11) is -3.86. The summed E-state index contributed by atoms with van der Waals surface area (Å²) >= 11 is 0. The molecule has 0 amide bonds. The van der Waals surface area contributed by atoms with Crippen molar-refractivity contribution in [2.75, 3.05) is 13.1 Å². The van der Waals surface area contributed by atoms with Gasteiger partial charge >= 0.3 is 6.18 Å². The molecule has 25 heavy (non-hydrogen) atoms. The minimum atomic E-state index is -4.57. The fourth-order valence-electron chi connectivity index (χ4n) is 3.01. The van der Waals surface area contributed by atoms with E-state index < -0.39 is 27.5 Å². The number of hydrogen-bond donors (Lipinski definition) is 2. The highest BCUT2D eigenvalue weighted by Crippen LogP contribution is 2.33. The van der Waals surface area contributed by atoms with Crippen molar-refractivity contribution in [2.24, 2.45) is 5.41 Å². The molecular weight excluding hydrogens is 377 g/mol. The molecule has 0 radical (unpaired) electrons. The van der Waals surface area contributed by atoms with Gasteiger partial charge in [0.25, 0.3) is 0 Å². The quantitative estimate of drug-likeness (QED) is 0.797. The molecule has 0 bridgehead atoms. The largest absolute Gasteiger partial charge is 0.416 e. The smallest absolute Gasteiger partial charge is 0.312 e. The Hall–Kier alpha value is -0.830. The molecule has 1 fully saturated rings. The lowest BCUT2D eigenvalue weighted by molar-refractivity contribution is -0.138. The molecule has 1 aliphatic rings. The van der Waals surface area contributed by atoms with Gasteiger partial charge in [-0.05, 0) is 36.4 Å². The van der Waals surface area contributed by atoms with Gasteiger partial charge in [0.1, 0.15) is 0 Å². The monoisotopic (exact) mass is 400 g/mol. The van der Waals surface area contributed by atoms with Crippen molar-refractivity contribution >= 4 is 22.4 Å². The van der Waals surface area contributed by atoms with Crippen LogP contribution in [0.1, 0.15) is 37.8 Å². The zero-order valence-corrected chi connectivity index (χ0v) is 15.8. The van der Waals surface area contributed by atoms with Crippen LogP contribution in [-0.2, 0) is 22.0 Å². The third kappa shape index (κ3) is 6.13. The highest BCUT2D eigenvalue weighted by Gasteiger charge is 2.35. The van der Waals surface area contributed by atoms with Crippen LogP contribution in [0.3, 0.4) is 0 Å². The molecule has 1 aliphatic heterocycles. The molecule has 1 atom stereocenters. The second-order valence-electron chi connectivity index (χ2n) is 6.86. The predicted octanol–water partition coefficient (Wildman–Crippen LogP) is 3.32. The van der Waals surface area contributed by atoms with Gasteiger partial charge in [-0.2, -0.15) is 13.2 Å². The number of benzene rings is 1. The van der Waals surface area contributed by atoms with Gasteiger partial charge in [-0.3, -0.25) is 0 Å². The van der Waals surface area contributed by atoms with Crippen LogP contribution in [0.4, 0.5) is 13.2 Å². The molecule has 1 aromatic rings. The number of nitrogens with one attached hydrogen (secondary N) is 2. The van der Waals surface area contributed by atoms with Crippen LogP contribution in [0, 0.1) is 5.41 Å². The Labute approximate surface area is 153 Å². The Morgan fingerprint density at radius 2 is 1.92 bits per heavy atom. The van der Waals surface area contributed by atoms with E-state index in [1.807, 2.05) is 0 Å². The van der Waals surface area contributed by atoms with Crippen LogP contribution >= 0.6 is 12.4 Å². The summed E-state index contributed by atoms with van der Waals surface area (Å²) in [6.45, 7) is 5.09. The van der Waals surface area contributed by atoms with Crippen molar-refractivity contribution < 1.29 is 21.6 Å². The van der Waals surface area contributed by atoms with E-state index in [-0.39, 0.29) is 36.0 Å². The van der Waals surface area contributed by atoms with Crippen LogP contribution in [0.25, 0.3) is 0 Å². The lowest BCUT2D eigenvalue weighted by Crippen LogP contribution is -2.52. The van der Waals surface area contributed by atoms with E-state index in [0.717, 1.165) is 25.5 Å². The Bertz CT molecular complexity index is 678. The standard InChI is InChI=1S/C16H23F3N2O2S.ClH/c1-15(2)8-5-9-20-14(15)10-21-24(22,23)11-12-6-3-4-7-13(12)16(17,18)19;/h3-4,6-7,14,20-21H,5,8-11H2,1-2H3;1H. The SMILES string of the molecule is CC1(C)CCCNC1CNS(=O)(=O)Cc1ccccc1C(F)(F)F.Cl. The van der Waals surface area contributed by atoms with Gasteiger partial charge in [-0.15, -0.1) is 12.4 Å². The summed E-state index contributed by atoms with van der Waals surface area (Å²) in [6, 6.07) is 4.72. The lowest BCUT2D eigenvalue weighted by atomic mass is 9.78. The van der Waals surface area contributed by atoms with E-state index in [2.05, 4.69) is 23.9 Å². The number of alkyl halides is 3. The zero-order valence-electron chi connectivity index (χ0n) is 14.2. The van der Waals surface area contributed by atoms with Crippen LogP contribution in [0.15, 0.2) is 24.3 Å². The van der Waals surface area contributed by atoms with Crippen LogP contribution in [0.2, 0.25) is 0 Å². The number of sulfonamides is 1. The molecule has 2 N–H and O–H groups in total. The Morgan fingerprint density at radius 3 is 2.52 bits per heavy atom. The minimum Gasteiger partial charge on any atom is -0.312 e. The summed E-state index contributed by atoms with van der Waals surface area (Å²) in [5.74, 6) is -0.685. The fourth-order valence-corrected chi connectivity index (χ4v) is 4.19. The van der Waals surface area contributed by atoms with Gasteiger partial charge in [0, 0.05) is 12.6 Å². The molecule has 0 aliphatic carbocycles. The van der Waals surface area contributed by atoms with Crippen LogP contribution in [0.5, 0.6) is 0 Å². The average Bonchev–Trinajstić information content (AvgIpc) is 2.44. The average molecular weight is 401 g/mol. The van der Waals surface area contributed by atoms with Crippen LogP contribution in [-0.4, -0.2) is 27.5 Å². The zero-order chi connectivity index (χ0) is 18.0. The first kappa shape index (κ1) is 22.2. The van der Waals surface area contributed by atoms with E-state index in [9.17, 15) is 21.6 Å². The predicted molar refractivity (Wildman–Crippen MR) is 94.1 cm³/mol. The normalized spacial score (nSPS) is 20.8. The second-order valence-corrected chi connectivity index (χ2v) is 8.67. The first-order valence-electron chi connectivity index (χ1n) is 7.87. The van der Waals surface area contributed by atoms with Crippen molar-refractivity contribution in [1.29, 1.82) is 0 Å². The maximum atomic E-state index is 13.0. The van der Waals surface area contributed by atoms with Gasteiger partial charge in [0.05, 0.1) is 11.3 Å². The van der Waals surface area contributed by atoms with Gasteiger partial charge < -0.3 is 5.32 Å². The van der Waals surface area contributed by atoms with Crippen molar-refractivity contribution in [1.82, 2.24) is 10.0 Å². The molecule has 0 aromatic heterocycles. The van der Waals surface area contributed by atoms with Crippen molar-refractivity contribution in [2.45, 2.75) is 44.7 Å². The number of hydrogen-bond acceptors (Lipinski definition) is 3. The van der Waals surface area contributed by atoms with Crippen molar-refractivity contribution in [3.8, 4) is 0 Å². The second kappa shape index (κ2) is 8.24. The number of piperidine rings is 1. The fraction of sp³-hybridized carbons (Fsp3) is 0.625. The first-order chi connectivity index (χ1) is 11.0. The van der Waals surface area contributed by atoms with Gasteiger partial charge in [-0.1, -0.05) is 32.0 Å². The molecule has 1 heterocycles. The summed E-state index contributed by atoms with van der Waals surface area (Å²) in [4.78, 5) is 0. The topological polar surface area (TPSA) is 58.2 Å². The Morgan fingerprint density at radius 1 is 1.28 bits per heavy atom. The summed E-state index contributed by atoms with van der Waals surface area (Å²) < 4.78 is 65.8. The number of halogens is 4. The van der Waals surface area contributed by atoms with Crippen LogP contribution < -0.4 is 10.0 Å². The molecule has 144 valence electrons.